The smallest absolute Gasteiger partial charge is 0.263 e. The fourth-order valence-corrected chi connectivity index (χ4v) is 1.98. The van der Waals surface area contributed by atoms with Gasteiger partial charge in [0.2, 0.25) is 5.82 Å². The van der Waals surface area contributed by atoms with Crippen molar-refractivity contribution in [2.45, 2.75) is 13.3 Å². The van der Waals surface area contributed by atoms with Gasteiger partial charge in [-0.25, -0.2) is 0 Å². The molecule has 102 valence electrons. The number of hydrogen-bond donors (Lipinski definition) is 1. The Morgan fingerprint density at radius 3 is 2.85 bits per heavy atom. The molecule has 0 radical (unpaired) electrons. The van der Waals surface area contributed by atoms with Crippen LogP contribution in [0.5, 0.6) is 0 Å². The monoisotopic (exact) mass is 270 g/mol. The number of nitrogens with zero attached hydrogens (tertiary/aromatic N) is 5. The quantitative estimate of drug-likeness (QED) is 0.777. The van der Waals surface area contributed by atoms with Crippen LogP contribution in [-0.2, 0) is 13.5 Å². The third-order valence-corrected chi connectivity index (χ3v) is 3.17. The minimum Gasteiger partial charge on any atom is -0.383 e. The molecule has 0 bridgehead atoms. The summed E-state index contributed by atoms with van der Waals surface area (Å²) in [5, 5.41) is 8.08. The second-order valence-electron chi connectivity index (χ2n) is 4.38. The summed E-state index contributed by atoms with van der Waals surface area (Å²) in [4.78, 5) is 8.50. The van der Waals surface area contributed by atoms with Gasteiger partial charge in [0.15, 0.2) is 0 Å². The number of aromatic nitrogens is 5. The van der Waals surface area contributed by atoms with Gasteiger partial charge < -0.3 is 10.3 Å². The van der Waals surface area contributed by atoms with E-state index in [0.717, 1.165) is 17.5 Å². The molecule has 0 aromatic carbocycles. The standard InChI is InChI=1S/C13H14N6O/c1-3-8-6-15-5-4-9(8)12-17-13(20-18-12)10-7-16-19(2)11(10)14/h4-7H,3,14H2,1-2H3. The summed E-state index contributed by atoms with van der Waals surface area (Å²) in [6.07, 6.45) is 5.98. The van der Waals surface area contributed by atoms with E-state index in [-0.39, 0.29) is 0 Å². The molecule has 0 fully saturated rings. The van der Waals surface area contributed by atoms with Gasteiger partial charge in [0.05, 0.1) is 6.20 Å². The number of anilines is 1. The molecule has 3 heterocycles. The molecule has 3 rings (SSSR count). The van der Waals surface area contributed by atoms with Crippen molar-refractivity contribution in [2.24, 2.45) is 7.05 Å². The molecule has 0 aliphatic carbocycles. The van der Waals surface area contributed by atoms with Crippen LogP contribution in [0.15, 0.2) is 29.2 Å². The first-order valence-corrected chi connectivity index (χ1v) is 6.25. The average Bonchev–Trinajstić information content (AvgIpc) is 3.07. The molecule has 0 aliphatic rings. The second-order valence-corrected chi connectivity index (χ2v) is 4.38. The Labute approximate surface area is 115 Å². The van der Waals surface area contributed by atoms with Crippen LogP contribution in [0.2, 0.25) is 0 Å². The van der Waals surface area contributed by atoms with Crippen molar-refractivity contribution in [3.8, 4) is 22.8 Å². The van der Waals surface area contributed by atoms with Crippen LogP contribution in [0.3, 0.4) is 0 Å². The minimum atomic E-state index is 0.365. The van der Waals surface area contributed by atoms with Crippen LogP contribution >= 0.6 is 0 Å². The summed E-state index contributed by atoms with van der Waals surface area (Å²) >= 11 is 0. The third kappa shape index (κ3) is 1.93. The van der Waals surface area contributed by atoms with Crippen LogP contribution in [0.25, 0.3) is 22.8 Å². The number of pyridine rings is 1. The summed E-state index contributed by atoms with van der Waals surface area (Å²) in [6.45, 7) is 2.06. The van der Waals surface area contributed by atoms with E-state index in [0.29, 0.717) is 23.1 Å². The topological polar surface area (TPSA) is 95.7 Å². The molecule has 7 nitrogen and oxygen atoms in total. The van der Waals surface area contributed by atoms with Crippen LogP contribution in [-0.4, -0.2) is 24.9 Å². The van der Waals surface area contributed by atoms with Crippen molar-refractivity contribution in [1.82, 2.24) is 24.9 Å². The minimum absolute atomic E-state index is 0.365. The number of hydrogen-bond acceptors (Lipinski definition) is 6. The highest BCUT2D eigenvalue weighted by molar-refractivity contribution is 5.68. The Bertz CT molecular complexity index is 745. The maximum Gasteiger partial charge on any atom is 0.263 e. The molecule has 7 heteroatoms. The van der Waals surface area contributed by atoms with E-state index in [4.69, 9.17) is 10.3 Å². The van der Waals surface area contributed by atoms with Gasteiger partial charge in [0.25, 0.3) is 5.89 Å². The molecule has 0 saturated heterocycles. The van der Waals surface area contributed by atoms with E-state index in [2.05, 4.69) is 27.1 Å². The third-order valence-electron chi connectivity index (χ3n) is 3.17. The van der Waals surface area contributed by atoms with Crippen molar-refractivity contribution >= 4 is 5.82 Å². The Balaban J connectivity index is 2.04. The van der Waals surface area contributed by atoms with Gasteiger partial charge in [-0.15, -0.1) is 0 Å². The van der Waals surface area contributed by atoms with Crippen molar-refractivity contribution in [2.75, 3.05) is 5.73 Å². The predicted molar refractivity (Wildman–Crippen MR) is 73.5 cm³/mol. The lowest BCUT2D eigenvalue weighted by Crippen LogP contribution is -1.98. The van der Waals surface area contributed by atoms with Gasteiger partial charge >= 0.3 is 0 Å². The zero-order valence-corrected chi connectivity index (χ0v) is 11.2. The van der Waals surface area contributed by atoms with Gasteiger partial charge in [-0.1, -0.05) is 12.1 Å². The van der Waals surface area contributed by atoms with Crippen LogP contribution in [0.4, 0.5) is 5.82 Å². The summed E-state index contributed by atoms with van der Waals surface area (Å²) < 4.78 is 6.84. The normalized spacial score (nSPS) is 10.9. The summed E-state index contributed by atoms with van der Waals surface area (Å²) in [5.41, 5.74) is 8.52. The lowest BCUT2D eigenvalue weighted by Gasteiger charge is -2.00. The van der Waals surface area contributed by atoms with E-state index in [1.807, 2.05) is 12.3 Å². The van der Waals surface area contributed by atoms with Crippen LogP contribution in [0.1, 0.15) is 12.5 Å². The van der Waals surface area contributed by atoms with E-state index in [9.17, 15) is 0 Å². The Morgan fingerprint density at radius 1 is 1.30 bits per heavy atom. The van der Waals surface area contributed by atoms with Gasteiger partial charge in [0, 0.05) is 25.0 Å². The molecule has 0 spiro atoms. The zero-order chi connectivity index (χ0) is 14.1. The first-order valence-electron chi connectivity index (χ1n) is 6.25. The van der Waals surface area contributed by atoms with Crippen molar-refractivity contribution < 1.29 is 4.52 Å². The fraction of sp³-hybridized carbons (Fsp3) is 0.231. The highest BCUT2D eigenvalue weighted by Gasteiger charge is 2.17. The number of rotatable bonds is 3. The van der Waals surface area contributed by atoms with Gasteiger partial charge in [-0.2, -0.15) is 10.1 Å². The molecule has 0 saturated carbocycles. The molecule has 20 heavy (non-hydrogen) atoms. The molecule has 2 N–H and O–H groups in total. The Hall–Kier alpha value is -2.70. The first kappa shape index (κ1) is 12.3. The van der Waals surface area contributed by atoms with E-state index in [1.54, 1.807) is 24.1 Å². The molecule has 0 unspecified atom stereocenters. The SMILES string of the molecule is CCc1cnccc1-c1noc(-c2cnn(C)c2N)n1. The molecule has 3 aromatic heterocycles. The Kier molecular flexibility index (Phi) is 2.94. The predicted octanol–water partition coefficient (Wildman–Crippen LogP) is 1.68. The first-order chi connectivity index (χ1) is 9.70. The lowest BCUT2D eigenvalue weighted by atomic mass is 10.1. The highest BCUT2D eigenvalue weighted by Crippen LogP contribution is 2.27. The second kappa shape index (κ2) is 4.76. The number of nitrogen functional groups attached to an aromatic ring is 1. The van der Waals surface area contributed by atoms with Crippen molar-refractivity contribution in [1.29, 1.82) is 0 Å². The summed E-state index contributed by atoms with van der Waals surface area (Å²) in [7, 11) is 1.76. The van der Waals surface area contributed by atoms with Crippen LogP contribution in [0, 0.1) is 0 Å². The lowest BCUT2D eigenvalue weighted by molar-refractivity contribution is 0.432. The molecular formula is C13H14N6O. The zero-order valence-electron chi connectivity index (χ0n) is 11.2. The van der Waals surface area contributed by atoms with E-state index >= 15 is 0 Å². The van der Waals surface area contributed by atoms with Gasteiger partial charge in [-0.3, -0.25) is 9.67 Å². The van der Waals surface area contributed by atoms with Crippen molar-refractivity contribution in [3.63, 3.8) is 0 Å². The van der Waals surface area contributed by atoms with E-state index in [1.165, 1.54) is 0 Å². The van der Waals surface area contributed by atoms with Crippen LogP contribution < -0.4 is 5.73 Å². The molecule has 0 amide bonds. The Morgan fingerprint density at radius 2 is 2.15 bits per heavy atom. The van der Waals surface area contributed by atoms with Gasteiger partial charge in [0.1, 0.15) is 11.4 Å². The van der Waals surface area contributed by atoms with E-state index < -0.39 is 0 Å². The van der Waals surface area contributed by atoms with Gasteiger partial charge in [-0.05, 0) is 18.1 Å². The summed E-state index contributed by atoms with van der Waals surface area (Å²) in [5.74, 6) is 1.39. The fourth-order valence-electron chi connectivity index (χ4n) is 1.98. The molecule has 0 aliphatic heterocycles. The summed E-state index contributed by atoms with van der Waals surface area (Å²) in [6, 6.07) is 1.88. The maximum atomic E-state index is 5.90. The highest BCUT2D eigenvalue weighted by atomic mass is 16.5. The largest absolute Gasteiger partial charge is 0.383 e. The van der Waals surface area contributed by atoms with Crippen molar-refractivity contribution in [3.05, 3.63) is 30.2 Å². The molecule has 0 atom stereocenters. The number of aryl methyl sites for hydroxylation is 2. The maximum absolute atomic E-state index is 5.90. The number of nitrogens with two attached hydrogens (primary N) is 1. The molecule has 3 aromatic rings. The average molecular weight is 270 g/mol. The molecular weight excluding hydrogens is 256 g/mol.